The summed E-state index contributed by atoms with van der Waals surface area (Å²) in [6.07, 6.45) is -1.27. The second-order valence-corrected chi connectivity index (χ2v) is 8.65. The molecule has 1 aliphatic rings. The van der Waals surface area contributed by atoms with Crippen molar-refractivity contribution in [3.63, 3.8) is 0 Å². The monoisotopic (exact) mass is 501 g/mol. The summed E-state index contributed by atoms with van der Waals surface area (Å²) < 4.78 is 39.7. The third-order valence-electron chi connectivity index (χ3n) is 5.85. The van der Waals surface area contributed by atoms with Crippen LogP contribution < -0.4 is 11.1 Å². The lowest BCUT2D eigenvalue weighted by molar-refractivity contribution is -0.137. The number of aromatic nitrogens is 4. The molecule has 0 spiro atoms. The van der Waals surface area contributed by atoms with Crippen LogP contribution in [-0.2, 0) is 19.3 Å². The Kier molecular flexibility index (Phi) is 5.51. The smallest absolute Gasteiger partial charge is 0.399 e. The van der Waals surface area contributed by atoms with Gasteiger partial charge in [-0.3, -0.25) is 9.78 Å². The molecule has 4 N–H and O–H groups in total. The van der Waals surface area contributed by atoms with Crippen LogP contribution >= 0.6 is 11.6 Å². The van der Waals surface area contributed by atoms with E-state index in [1.165, 1.54) is 12.3 Å². The number of benzene rings is 1. The van der Waals surface area contributed by atoms with Gasteiger partial charge in [0.05, 0.1) is 47.0 Å². The van der Waals surface area contributed by atoms with E-state index in [2.05, 4.69) is 25.3 Å². The maximum Gasteiger partial charge on any atom is 0.416 e. The molecule has 1 aromatic carbocycles. The Morgan fingerprint density at radius 2 is 2.03 bits per heavy atom. The highest BCUT2D eigenvalue weighted by atomic mass is 35.5. The van der Waals surface area contributed by atoms with Crippen LogP contribution in [0, 0.1) is 0 Å². The number of aromatic amines is 1. The van der Waals surface area contributed by atoms with E-state index in [-0.39, 0.29) is 30.0 Å². The van der Waals surface area contributed by atoms with Crippen LogP contribution in [0.15, 0.2) is 42.7 Å². The minimum Gasteiger partial charge on any atom is -0.399 e. The van der Waals surface area contributed by atoms with Crippen LogP contribution in [0.25, 0.3) is 11.0 Å². The van der Waals surface area contributed by atoms with Crippen molar-refractivity contribution in [1.82, 2.24) is 24.8 Å². The topological polar surface area (TPSA) is 113 Å². The number of nitrogen functional groups attached to an aromatic ring is 1. The lowest BCUT2D eigenvalue weighted by Gasteiger charge is -2.19. The highest BCUT2D eigenvalue weighted by Crippen LogP contribution is 2.35. The van der Waals surface area contributed by atoms with Crippen molar-refractivity contribution in [2.24, 2.45) is 0 Å². The van der Waals surface area contributed by atoms with Gasteiger partial charge in [-0.05, 0) is 54.4 Å². The molecule has 0 fully saturated rings. The number of hydrogen-bond acceptors (Lipinski definition) is 6. The predicted octanol–water partition coefficient (Wildman–Crippen LogP) is 4.94. The molecule has 1 atom stereocenters. The van der Waals surface area contributed by atoms with Gasteiger partial charge in [-0.15, -0.1) is 0 Å². The molecule has 8 nitrogen and oxygen atoms in total. The predicted molar refractivity (Wildman–Crippen MR) is 125 cm³/mol. The summed E-state index contributed by atoms with van der Waals surface area (Å²) in [4.78, 5) is 30.5. The first-order chi connectivity index (χ1) is 16.6. The number of nitrogens with zero attached hydrogens (tertiary/aromatic N) is 4. The SMILES string of the molecule is C[C@@H](Nc1nc(Cl)nc2c1CN(C(=O)c1cnc3cc[nH]c3c1)C2)c1cc(N)cc(C(F)(F)F)c1. The van der Waals surface area contributed by atoms with E-state index < -0.39 is 17.8 Å². The molecule has 4 heterocycles. The van der Waals surface area contributed by atoms with Crippen molar-refractivity contribution in [3.8, 4) is 0 Å². The summed E-state index contributed by atoms with van der Waals surface area (Å²) in [7, 11) is 0. The number of alkyl halides is 3. The Morgan fingerprint density at radius 3 is 2.80 bits per heavy atom. The molecule has 12 heteroatoms. The molecule has 1 amide bonds. The third-order valence-corrected chi connectivity index (χ3v) is 6.02. The molecule has 4 aromatic rings. The fourth-order valence-corrected chi connectivity index (χ4v) is 4.29. The Bertz CT molecular complexity index is 1450. The van der Waals surface area contributed by atoms with Crippen molar-refractivity contribution >= 4 is 40.0 Å². The average Bonchev–Trinajstić information content (AvgIpc) is 3.44. The second-order valence-electron chi connectivity index (χ2n) is 8.31. The first-order valence-corrected chi connectivity index (χ1v) is 11.0. The van der Waals surface area contributed by atoms with Crippen molar-refractivity contribution in [3.05, 3.63) is 76.0 Å². The average molecular weight is 502 g/mol. The summed E-state index contributed by atoms with van der Waals surface area (Å²) in [6.45, 7) is 2.10. The van der Waals surface area contributed by atoms with Gasteiger partial charge in [0.25, 0.3) is 5.91 Å². The van der Waals surface area contributed by atoms with Gasteiger partial charge >= 0.3 is 6.18 Å². The summed E-state index contributed by atoms with van der Waals surface area (Å²) in [5.41, 5.74) is 8.31. The molecule has 1 aliphatic heterocycles. The van der Waals surface area contributed by atoms with E-state index in [1.54, 1.807) is 24.1 Å². The van der Waals surface area contributed by atoms with Crippen molar-refractivity contribution < 1.29 is 18.0 Å². The number of halogens is 4. The molecule has 3 aromatic heterocycles. The highest BCUT2D eigenvalue weighted by molar-refractivity contribution is 6.28. The number of hydrogen-bond donors (Lipinski definition) is 3. The zero-order valence-corrected chi connectivity index (χ0v) is 19.1. The Hall–Kier alpha value is -3.86. The van der Waals surface area contributed by atoms with E-state index in [1.807, 2.05) is 6.07 Å². The van der Waals surface area contributed by atoms with Gasteiger partial charge in [0.15, 0.2) is 0 Å². The minimum atomic E-state index is -4.53. The quantitative estimate of drug-likeness (QED) is 0.270. The molecule has 0 aliphatic carbocycles. The zero-order chi connectivity index (χ0) is 24.9. The standard InChI is InChI=1S/C23H19ClF3N7O/c1-11(12-4-14(23(25,26)27)7-15(28)5-12)31-20-16-9-34(10-19(16)32-22(24)33-20)21(35)13-6-18-17(30-8-13)2-3-29-18/h2-8,11,29H,9-10,28H2,1H3,(H,31,32,33)/t11-/m1/s1. The summed E-state index contributed by atoms with van der Waals surface area (Å²) in [5.74, 6) is 0.101. The molecule has 35 heavy (non-hydrogen) atoms. The summed E-state index contributed by atoms with van der Waals surface area (Å²) in [5, 5.41) is 3.08. The van der Waals surface area contributed by atoms with Crippen LogP contribution in [-0.4, -0.2) is 30.7 Å². The number of rotatable bonds is 4. The summed E-state index contributed by atoms with van der Waals surface area (Å²) in [6, 6.07) is 6.35. The van der Waals surface area contributed by atoms with Gasteiger partial charge in [-0.2, -0.15) is 13.2 Å². The molecule has 0 unspecified atom stereocenters. The first kappa shape index (κ1) is 22.9. The van der Waals surface area contributed by atoms with Crippen molar-refractivity contribution in [2.45, 2.75) is 32.2 Å². The Balaban J connectivity index is 1.40. The van der Waals surface area contributed by atoms with E-state index in [0.717, 1.165) is 23.2 Å². The van der Waals surface area contributed by atoms with Crippen LogP contribution in [0.2, 0.25) is 5.28 Å². The van der Waals surface area contributed by atoms with Gasteiger partial charge in [0, 0.05) is 23.6 Å². The van der Waals surface area contributed by atoms with E-state index in [0.29, 0.717) is 28.2 Å². The fraction of sp³-hybridized carbons (Fsp3) is 0.217. The van der Waals surface area contributed by atoms with E-state index in [9.17, 15) is 18.0 Å². The number of fused-ring (bicyclic) bond motifs is 2. The summed E-state index contributed by atoms with van der Waals surface area (Å²) >= 11 is 6.12. The lowest BCUT2D eigenvalue weighted by Crippen LogP contribution is -2.25. The first-order valence-electron chi connectivity index (χ1n) is 10.6. The fourth-order valence-electron chi connectivity index (χ4n) is 4.10. The molecular weight excluding hydrogens is 483 g/mol. The molecule has 0 saturated heterocycles. The van der Waals surface area contributed by atoms with Crippen molar-refractivity contribution in [1.29, 1.82) is 0 Å². The van der Waals surface area contributed by atoms with Crippen LogP contribution in [0.1, 0.15) is 45.7 Å². The van der Waals surface area contributed by atoms with Gasteiger partial charge in [0.1, 0.15) is 5.82 Å². The normalized spacial score (nSPS) is 14.3. The highest BCUT2D eigenvalue weighted by Gasteiger charge is 2.32. The van der Waals surface area contributed by atoms with E-state index in [4.69, 9.17) is 17.3 Å². The van der Waals surface area contributed by atoms with Crippen LogP contribution in [0.3, 0.4) is 0 Å². The van der Waals surface area contributed by atoms with E-state index >= 15 is 0 Å². The van der Waals surface area contributed by atoms with Gasteiger partial charge in [-0.1, -0.05) is 0 Å². The number of carbonyl (C=O) groups is 1. The number of anilines is 2. The Morgan fingerprint density at radius 1 is 1.23 bits per heavy atom. The van der Waals surface area contributed by atoms with Crippen LogP contribution in [0.4, 0.5) is 24.7 Å². The number of carbonyl (C=O) groups excluding carboxylic acids is 1. The number of pyridine rings is 1. The van der Waals surface area contributed by atoms with Gasteiger partial charge < -0.3 is 20.9 Å². The molecule has 180 valence electrons. The third kappa shape index (κ3) is 4.46. The number of nitrogens with two attached hydrogens (primary N) is 1. The molecule has 0 bridgehead atoms. The Labute approximate surface area is 202 Å². The van der Waals surface area contributed by atoms with Crippen molar-refractivity contribution in [2.75, 3.05) is 11.1 Å². The maximum absolute atomic E-state index is 13.2. The number of nitrogens with one attached hydrogen (secondary N) is 2. The minimum absolute atomic E-state index is 0.00107. The molecule has 0 radical (unpaired) electrons. The lowest BCUT2D eigenvalue weighted by atomic mass is 10.0. The molecule has 5 rings (SSSR count). The van der Waals surface area contributed by atoms with Gasteiger partial charge in [-0.25, -0.2) is 9.97 Å². The zero-order valence-electron chi connectivity index (χ0n) is 18.3. The largest absolute Gasteiger partial charge is 0.416 e. The number of amides is 1. The molecule has 0 saturated carbocycles. The molecular formula is C23H19ClF3N7O. The van der Waals surface area contributed by atoms with Crippen LogP contribution in [0.5, 0.6) is 0 Å². The van der Waals surface area contributed by atoms with Gasteiger partial charge in [0.2, 0.25) is 5.28 Å². The maximum atomic E-state index is 13.2. The second kappa shape index (κ2) is 8.42. The number of H-pyrrole nitrogens is 1.